The van der Waals surface area contributed by atoms with Gasteiger partial charge in [0.2, 0.25) is 0 Å². The average Bonchev–Trinajstić information content (AvgIpc) is 2.64. The zero-order valence-corrected chi connectivity index (χ0v) is 14.7. The van der Waals surface area contributed by atoms with Crippen LogP contribution in [0.4, 0.5) is 35.1 Å². The van der Waals surface area contributed by atoms with Crippen LogP contribution in [0, 0.1) is 34.9 Å². The van der Waals surface area contributed by atoms with Gasteiger partial charge >= 0.3 is 6.11 Å². The molecule has 0 amide bonds. The van der Waals surface area contributed by atoms with E-state index in [1.807, 2.05) is 0 Å². The number of hydrogen-bond acceptors (Lipinski definition) is 1. The minimum absolute atomic E-state index is 0.0892. The van der Waals surface area contributed by atoms with Gasteiger partial charge in [-0.2, -0.15) is 8.78 Å². The first-order chi connectivity index (χ1) is 13.6. The van der Waals surface area contributed by atoms with Crippen LogP contribution in [0.2, 0.25) is 0 Å². The van der Waals surface area contributed by atoms with Crippen LogP contribution in [0.5, 0.6) is 5.75 Å². The van der Waals surface area contributed by atoms with Gasteiger partial charge in [0.05, 0.1) is 5.39 Å². The number of fused-ring (bicyclic) bond motifs is 1. The largest absolute Gasteiger partial charge is 0.429 e. The SMILES string of the molecule is CCCc1ccc2cc(C(F)(F)Oc3cc(F)c(F)c(F)c3)c(F)c(F)c2c1F. The third kappa shape index (κ3) is 3.73. The van der Waals surface area contributed by atoms with E-state index in [0.29, 0.717) is 12.5 Å². The Morgan fingerprint density at radius 3 is 2.00 bits per heavy atom. The second-order valence-corrected chi connectivity index (χ2v) is 6.26. The fourth-order valence-corrected chi connectivity index (χ4v) is 2.89. The summed E-state index contributed by atoms with van der Waals surface area (Å²) in [6.07, 6.45) is -3.86. The molecule has 0 aliphatic heterocycles. The van der Waals surface area contributed by atoms with Gasteiger partial charge in [-0.3, -0.25) is 0 Å². The Balaban J connectivity index is 2.11. The highest BCUT2D eigenvalue weighted by molar-refractivity contribution is 5.85. The van der Waals surface area contributed by atoms with Crippen molar-refractivity contribution in [2.24, 2.45) is 0 Å². The molecule has 0 bridgehead atoms. The normalized spacial score (nSPS) is 11.9. The first kappa shape index (κ1) is 20.9. The third-order valence-electron chi connectivity index (χ3n) is 4.24. The Morgan fingerprint density at radius 1 is 0.793 bits per heavy atom. The summed E-state index contributed by atoms with van der Waals surface area (Å²) in [7, 11) is 0. The summed E-state index contributed by atoms with van der Waals surface area (Å²) in [6, 6.07) is 3.12. The smallest absolute Gasteiger partial charge is 0.429 e. The lowest BCUT2D eigenvalue weighted by Crippen LogP contribution is -2.24. The standard InChI is InChI=1S/C20H12F8O/c1-2-3-9-4-5-10-6-12(17(24)19(26)15(10)16(9)23)20(27,28)29-11-7-13(21)18(25)14(22)8-11/h4-8H,2-3H2,1H3. The lowest BCUT2D eigenvalue weighted by molar-refractivity contribution is -0.187. The van der Waals surface area contributed by atoms with Crippen LogP contribution >= 0.6 is 0 Å². The molecule has 1 nitrogen and oxygen atoms in total. The van der Waals surface area contributed by atoms with E-state index in [-0.39, 0.29) is 29.5 Å². The summed E-state index contributed by atoms with van der Waals surface area (Å²) in [6.45, 7) is 1.74. The topological polar surface area (TPSA) is 9.23 Å². The van der Waals surface area contributed by atoms with E-state index in [4.69, 9.17) is 0 Å². The van der Waals surface area contributed by atoms with Gasteiger partial charge in [-0.15, -0.1) is 0 Å². The maximum atomic E-state index is 14.5. The predicted octanol–water partition coefficient (Wildman–Crippen LogP) is 6.76. The number of aryl methyl sites for hydroxylation is 1. The highest BCUT2D eigenvalue weighted by Crippen LogP contribution is 2.38. The van der Waals surface area contributed by atoms with Gasteiger partial charge in [-0.1, -0.05) is 25.5 Å². The van der Waals surface area contributed by atoms with Crippen molar-refractivity contribution in [3.05, 3.63) is 76.4 Å². The van der Waals surface area contributed by atoms with E-state index in [0.717, 1.165) is 6.07 Å². The average molecular weight is 420 g/mol. The van der Waals surface area contributed by atoms with Gasteiger partial charge in [0.25, 0.3) is 0 Å². The zero-order valence-electron chi connectivity index (χ0n) is 14.7. The second kappa shape index (κ2) is 7.53. The van der Waals surface area contributed by atoms with Crippen molar-refractivity contribution in [2.75, 3.05) is 0 Å². The molecule has 0 heterocycles. The second-order valence-electron chi connectivity index (χ2n) is 6.26. The molecule has 0 saturated carbocycles. The quantitative estimate of drug-likeness (QED) is 0.328. The highest BCUT2D eigenvalue weighted by Gasteiger charge is 2.40. The molecule has 0 N–H and O–H groups in total. The van der Waals surface area contributed by atoms with Crippen LogP contribution in [0.25, 0.3) is 10.8 Å². The van der Waals surface area contributed by atoms with Crippen molar-refractivity contribution in [1.82, 2.24) is 0 Å². The number of hydrogen-bond donors (Lipinski definition) is 0. The molecular weight excluding hydrogens is 408 g/mol. The number of rotatable bonds is 5. The molecule has 9 heteroatoms. The van der Waals surface area contributed by atoms with E-state index in [1.165, 1.54) is 6.07 Å². The molecule has 3 aromatic rings. The fourth-order valence-electron chi connectivity index (χ4n) is 2.89. The van der Waals surface area contributed by atoms with Crippen LogP contribution < -0.4 is 4.74 Å². The molecule has 3 aromatic carbocycles. The van der Waals surface area contributed by atoms with E-state index in [9.17, 15) is 35.1 Å². The zero-order chi connectivity index (χ0) is 21.5. The summed E-state index contributed by atoms with van der Waals surface area (Å²) in [5.74, 6) is -11.7. The van der Waals surface area contributed by atoms with Crippen molar-refractivity contribution in [3.63, 3.8) is 0 Å². The van der Waals surface area contributed by atoms with Crippen molar-refractivity contribution in [3.8, 4) is 5.75 Å². The van der Waals surface area contributed by atoms with Crippen LogP contribution in [0.1, 0.15) is 24.5 Å². The minimum atomic E-state index is -4.60. The van der Waals surface area contributed by atoms with Crippen molar-refractivity contribution in [2.45, 2.75) is 25.9 Å². The van der Waals surface area contributed by atoms with E-state index in [2.05, 4.69) is 4.74 Å². The minimum Gasteiger partial charge on any atom is -0.429 e. The summed E-state index contributed by atoms with van der Waals surface area (Å²) >= 11 is 0. The molecule has 0 fully saturated rings. The van der Waals surface area contributed by atoms with E-state index < -0.39 is 57.7 Å². The van der Waals surface area contributed by atoms with Gasteiger partial charge in [0, 0.05) is 12.1 Å². The monoisotopic (exact) mass is 420 g/mol. The molecule has 0 saturated heterocycles. The van der Waals surface area contributed by atoms with Gasteiger partial charge in [0.1, 0.15) is 17.1 Å². The number of alkyl halides is 2. The number of benzene rings is 3. The molecule has 0 unspecified atom stereocenters. The molecule has 0 atom stereocenters. The molecule has 0 radical (unpaired) electrons. The summed E-state index contributed by atoms with van der Waals surface area (Å²) in [5.41, 5.74) is -1.53. The van der Waals surface area contributed by atoms with E-state index in [1.54, 1.807) is 6.92 Å². The Labute approximate surface area is 159 Å². The molecule has 0 aromatic heterocycles. The molecule has 0 aliphatic rings. The lowest BCUT2D eigenvalue weighted by atomic mass is 9.99. The van der Waals surface area contributed by atoms with Crippen LogP contribution in [0.15, 0.2) is 30.3 Å². The Bertz CT molecular complexity index is 1070. The first-order valence-electron chi connectivity index (χ1n) is 8.37. The van der Waals surface area contributed by atoms with Crippen LogP contribution in [0.3, 0.4) is 0 Å². The van der Waals surface area contributed by atoms with Crippen molar-refractivity contribution >= 4 is 10.8 Å². The van der Waals surface area contributed by atoms with Gasteiger partial charge < -0.3 is 4.74 Å². The number of halogens is 8. The predicted molar refractivity (Wildman–Crippen MR) is 88.7 cm³/mol. The van der Waals surface area contributed by atoms with Crippen molar-refractivity contribution < 1.29 is 39.9 Å². The van der Waals surface area contributed by atoms with Gasteiger partial charge in [-0.25, -0.2) is 26.3 Å². The maximum absolute atomic E-state index is 14.5. The van der Waals surface area contributed by atoms with Gasteiger partial charge in [0.15, 0.2) is 29.1 Å². The first-order valence-corrected chi connectivity index (χ1v) is 8.37. The summed E-state index contributed by atoms with van der Waals surface area (Å²) in [5, 5.41) is -1.16. The number of ether oxygens (including phenoxy) is 1. The van der Waals surface area contributed by atoms with Crippen molar-refractivity contribution in [1.29, 1.82) is 0 Å². The molecule has 154 valence electrons. The van der Waals surface area contributed by atoms with Gasteiger partial charge in [-0.05, 0) is 23.4 Å². The molecular formula is C20H12F8O. The maximum Gasteiger partial charge on any atom is 0.429 e. The Kier molecular flexibility index (Phi) is 5.42. The van der Waals surface area contributed by atoms with E-state index >= 15 is 0 Å². The summed E-state index contributed by atoms with van der Waals surface area (Å²) in [4.78, 5) is 0. The van der Waals surface area contributed by atoms with Crippen LogP contribution in [-0.2, 0) is 12.5 Å². The van der Waals surface area contributed by atoms with Crippen LogP contribution in [-0.4, -0.2) is 0 Å². The molecule has 0 aliphatic carbocycles. The Morgan fingerprint density at radius 2 is 1.41 bits per heavy atom. The summed E-state index contributed by atoms with van der Waals surface area (Å²) < 4.78 is 115. The third-order valence-corrected chi connectivity index (χ3v) is 4.24. The molecule has 0 spiro atoms. The fraction of sp³-hybridized carbons (Fsp3) is 0.200. The highest BCUT2D eigenvalue weighted by atomic mass is 19.3. The Hall–Kier alpha value is -2.84. The molecule has 29 heavy (non-hydrogen) atoms. The lowest BCUT2D eigenvalue weighted by Gasteiger charge is -2.20. The molecule has 3 rings (SSSR count).